The summed E-state index contributed by atoms with van der Waals surface area (Å²) in [6.45, 7) is 5.84. The lowest BCUT2D eigenvalue weighted by molar-refractivity contribution is 0.103. The molecule has 0 saturated carbocycles. The van der Waals surface area contributed by atoms with Gasteiger partial charge in [0.1, 0.15) is 11.5 Å². The first kappa shape index (κ1) is 15.1. The maximum Gasteiger partial charge on any atom is 0.196 e. The van der Waals surface area contributed by atoms with Crippen LogP contribution in [-0.4, -0.2) is 20.0 Å². The topological polar surface area (TPSA) is 35.5 Å². The van der Waals surface area contributed by atoms with Gasteiger partial charge in [-0.1, -0.05) is 11.6 Å². The van der Waals surface area contributed by atoms with Gasteiger partial charge in [-0.2, -0.15) is 0 Å². The van der Waals surface area contributed by atoms with E-state index in [0.717, 1.165) is 22.4 Å². The molecule has 0 unspecified atom stereocenters. The molecule has 0 aliphatic heterocycles. The Kier molecular flexibility index (Phi) is 4.32. The molecule has 0 heterocycles. The highest BCUT2D eigenvalue weighted by molar-refractivity contribution is 6.11. The fraction of sp³-hybridized carbons (Fsp3) is 0.278. The van der Waals surface area contributed by atoms with Crippen molar-refractivity contribution < 1.29 is 14.3 Å². The molecule has 0 aliphatic rings. The maximum absolute atomic E-state index is 12.8. The second-order valence-electron chi connectivity index (χ2n) is 5.18. The van der Waals surface area contributed by atoms with Gasteiger partial charge in [-0.3, -0.25) is 4.79 Å². The van der Waals surface area contributed by atoms with Gasteiger partial charge in [0.15, 0.2) is 5.78 Å². The van der Waals surface area contributed by atoms with E-state index < -0.39 is 0 Å². The van der Waals surface area contributed by atoms with Crippen LogP contribution in [0.1, 0.15) is 32.6 Å². The molecule has 110 valence electrons. The molecule has 3 nitrogen and oxygen atoms in total. The molecule has 0 spiro atoms. The Bertz CT molecular complexity index is 664. The summed E-state index contributed by atoms with van der Waals surface area (Å²) in [7, 11) is 3.21. The van der Waals surface area contributed by atoms with Crippen molar-refractivity contribution in [3.8, 4) is 11.5 Å². The van der Waals surface area contributed by atoms with Crippen molar-refractivity contribution in [1.29, 1.82) is 0 Å². The molecule has 0 N–H and O–H groups in total. The third-order valence-electron chi connectivity index (χ3n) is 3.53. The molecule has 21 heavy (non-hydrogen) atoms. The Labute approximate surface area is 125 Å². The number of methoxy groups -OCH3 is 2. The lowest BCUT2D eigenvalue weighted by atomic mass is 9.97. The third kappa shape index (κ3) is 2.92. The van der Waals surface area contributed by atoms with Gasteiger partial charge in [0.2, 0.25) is 0 Å². The van der Waals surface area contributed by atoms with Crippen LogP contribution in [0.4, 0.5) is 0 Å². The second kappa shape index (κ2) is 6.00. The average molecular weight is 284 g/mol. The summed E-state index contributed by atoms with van der Waals surface area (Å²) in [5.74, 6) is 1.38. The van der Waals surface area contributed by atoms with Crippen LogP contribution < -0.4 is 9.47 Å². The van der Waals surface area contributed by atoms with Gasteiger partial charge in [0, 0.05) is 5.56 Å². The normalized spacial score (nSPS) is 10.3. The first-order valence-electron chi connectivity index (χ1n) is 6.82. The Morgan fingerprint density at radius 2 is 1.52 bits per heavy atom. The molecule has 2 rings (SSSR count). The van der Waals surface area contributed by atoms with Crippen LogP contribution >= 0.6 is 0 Å². The average Bonchev–Trinajstić information content (AvgIpc) is 2.46. The van der Waals surface area contributed by atoms with Crippen LogP contribution in [0.15, 0.2) is 30.3 Å². The standard InChI is InChI=1S/C18H20O3/c1-11-6-7-16(20-4)15(8-11)17(19)14-9-12(2)18(21-5)13(3)10-14/h6-10H,1-5H3. The van der Waals surface area contributed by atoms with Gasteiger partial charge >= 0.3 is 0 Å². The van der Waals surface area contributed by atoms with Gasteiger partial charge in [-0.05, 0) is 56.2 Å². The minimum absolute atomic E-state index is 0.0376. The monoisotopic (exact) mass is 284 g/mol. The summed E-state index contributed by atoms with van der Waals surface area (Å²) in [6.07, 6.45) is 0. The van der Waals surface area contributed by atoms with Crippen molar-refractivity contribution in [2.45, 2.75) is 20.8 Å². The van der Waals surface area contributed by atoms with Crippen LogP contribution in [0.5, 0.6) is 11.5 Å². The summed E-state index contributed by atoms with van der Waals surface area (Å²) < 4.78 is 10.6. The number of ketones is 1. The first-order valence-corrected chi connectivity index (χ1v) is 6.82. The zero-order valence-corrected chi connectivity index (χ0v) is 13.1. The highest BCUT2D eigenvalue weighted by Crippen LogP contribution is 2.28. The number of benzene rings is 2. The third-order valence-corrected chi connectivity index (χ3v) is 3.53. The predicted octanol–water partition coefficient (Wildman–Crippen LogP) is 3.86. The molecular weight excluding hydrogens is 264 g/mol. The minimum atomic E-state index is -0.0376. The Hall–Kier alpha value is -2.29. The lowest BCUT2D eigenvalue weighted by Gasteiger charge is -2.12. The van der Waals surface area contributed by atoms with E-state index in [1.807, 2.05) is 51.1 Å². The van der Waals surface area contributed by atoms with Crippen LogP contribution in [0.3, 0.4) is 0 Å². The van der Waals surface area contributed by atoms with Crippen molar-refractivity contribution >= 4 is 5.78 Å². The molecule has 0 fully saturated rings. The Morgan fingerprint density at radius 1 is 0.905 bits per heavy atom. The van der Waals surface area contributed by atoms with E-state index in [0.29, 0.717) is 16.9 Å². The highest BCUT2D eigenvalue weighted by atomic mass is 16.5. The molecular formula is C18H20O3. The highest BCUT2D eigenvalue weighted by Gasteiger charge is 2.17. The molecule has 0 atom stereocenters. The number of ether oxygens (including phenoxy) is 2. The Morgan fingerprint density at radius 3 is 2.05 bits per heavy atom. The minimum Gasteiger partial charge on any atom is -0.496 e. The number of carbonyl (C=O) groups is 1. The second-order valence-corrected chi connectivity index (χ2v) is 5.18. The number of hydrogen-bond donors (Lipinski definition) is 0. The molecule has 0 aliphatic carbocycles. The molecule has 0 bridgehead atoms. The molecule has 3 heteroatoms. The number of rotatable bonds is 4. The van der Waals surface area contributed by atoms with Crippen LogP contribution in [-0.2, 0) is 0 Å². The molecule has 0 radical (unpaired) electrons. The largest absolute Gasteiger partial charge is 0.496 e. The molecule has 2 aromatic carbocycles. The van der Waals surface area contributed by atoms with E-state index in [1.54, 1.807) is 14.2 Å². The zero-order valence-electron chi connectivity index (χ0n) is 13.1. The summed E-state index contributed by atoms with van der Waals surface area (Å²) >= 11 is 0. The van der Waals surface area contributed by atoms with Crippen molar-refractivity contribution in [2.24, 2.45) is 0 Å². The first-order chi connectivity index (χ1) is 9.97. The van der Waals surface area contributed by atoms with E-state index >= 15 is 0 Å². The van der Waals surface area contributed by atoms with E-state index in [4.69, 9.17) is 9.47 Å². The van der Waals surface area contributed by atoms with Crippen LogP contribution in [0.2, 0.25) is 0 Å². The SMILES string of the molecule is COc1ccc(C)cc1C(=O)c1cc(C)c(OC)c(C)c1. The number of carbonyl (C=O) groups excluding carboxylic acids is 1. The number of hydrogen-bond acceptors (Lipinski definition) is 3. The fourth-order valence-corrected chi connectivity index (χ4v) is 2.56. The summed E-state index contributed by atoms with van der Waals surface area (Å²) in [5, 5.41) is 0. The van der Waals surface area contributed by atoms with E-state index in [-0.39, 0.29) is 5.78 Å². The lowest BCUT2D eigenvalue weighted by Crippen LogP contribution is -2.06. The van der Waals surface area contributed by atoms with Gasteiger partial charge in [-0.15, -0.1) is 0 Å². The summed E-state index contributed by atoms with van der Waals surface area (Å²) in [6, 6.07) is 9.33. The quantitative estimate of drug-likeness (QED) is 0.800. The zero-order chi connectivity index (χ0) is 15.6. The van der Waals surface area contributed by atoms with Crippen molar-refractivity contribution in [3.05, 3.63) is 58.1 Å². The van der Waals surface area contributed by atoms with Crippen LogP contribution in [0.25, 0.3) is 0 Å². The molecule has 0 aromatic heterocycles. The van der Waals surface area contributed by atoms with Gasteiger partial charge in [0.25, 0.3) is 0 Å². The summed E-state index contributed by atoms with van der Waals surface area (Å²) in [5.41, 5.74) is 4.16. The van der Waals surface area contributed by atoms with Crippen molar-refractivity contribution in [2.75, 3.05) is 14.2 Å². The van der Waals surface area contributed by atoms with Gasteiger partial charge in [0.05, 0.1) is 19.8 Å². The molecule has 0 saturated heterocycles. The maximum atomic E-state index is 12.8. The Balaban J connectivity index is 2.53. The predicted molar refractivity (Wildman–Crippen MR) is 83.6 cm³/mol. The fourth-order valence-electron chi connectivity index (χ4n) is 2.56. The van der Waals surface area contributed by atoms with Crippen molar-refractivity contribution in [3.63, 3.8) is 0 Å². The van der Waals surface area contributed by atoms with Crippen molar-refractivity contribution in [1.82, 2.24) is 0 Å². The van der Waals surface area contributed by atoms with E-state index in [1.165, 1.54) is 0 Å². The summed E-state index contributed by atoms with van der Waals surface area (Å²) in [4.78, 5) is 12.8. The van der Waals surface area contributed by atoms with E-state index in [2.05, 4.69) is 0 Å². The number of aryl methyl sites for hydroxylation is 3. The van der Waals surface area contributed by atoms with Crippen LogP contribution in [0, 0.1) is 20.8 Å². The molecule has 2 aromatic rings. The smallest absolute Gasteiger partial charge is 0.196 e. The van der Waals surface area contributed by atoms with Gasteiger partial charge in [-0.25, -0.2) is 0 Å². The van der Waals surface area contributed by atoms with Gasteiger partial charge < -0.3 is 9.47 Å². The molecule has 0 amide bonds. The van der Waals surface area contributed by atoms with E-state index in [9.17, 15) is 4.79 Å².